The summed E-state index contributed by atoms with van der Waals surface area (Å²) in [6.07, 6.45) is 0. The second-order valence-electron chi connectivity index (χ2n) is 4.39. The average molecular weight is 308 g/mol. The van der Waals surface area contributed by atoms with Crippen LogP contribution in [0.5, 0.6) is 0 Å². The second-order valence-corrected chi connectivity index (χ2v) is 6.38. The predicted octanol–water partition coefficient (Wildman–Crippen LogP) is 1.82. The Morgan fingerprint density at radius 3 is 2.43 bits per heavy atom. The van der Waals surface area contributed by atoms with Crippen molar-refractivity contribution in [1.82, 2.24) is 0 Å². The Bertz CT molecular complexity index is 758. The van der Waals surface area contributed by atoms with Gasteiger partial charge in [-0.1, -0.05) is 6.07 Å². The molecule has 0 aliphatic carbocycles. The van der Waals surface area contributed by atoms with Crippen molar-refractivity contribution < 1.29 is 17.6 Å². The minimum absolute atomic E-state index is 0.0169. The van der Waals surface area contributed by atoms with Crippen LogP contribution in [0.2, 0.25) is 0 Å². The zero-order chi connectivity index (χ0) is 15.5. The summed E-state index contributed by atoms with van der Waals surface area (Å²) in [5.41, 5.74) is 6.15. The average Bonchev–Trinajstić information content (AvgIpc) is 2.41. The highest BCUT2D eigenvalue weighted by Crippen LogP contribution is 2.15. The van der Waals surface area contributed by atoms with Gasteiger partial charge in [0.1, 0.15) is 11.6 Å². The van der Waals surface area contributed by atoms with Gasteiger partial charge in [0.2, 0.25) is 5.91 Å². The van der Waals surface area contributed by atoms with Crippen molar-refractivity contribution in [3.63, 3.8) is 0 Å². The lowest BCUT2D eigenvalue weighted by molar-refractivity contribution is -0.113. The third-order valence-corrected chi connectivity index (χ3v) is 4.28. The van der Waals surface area contributed by atoms with E-state index in [1.165, 1.54) is 42.5 Å². The first-order chi connectivity index (χ1) is 9.87. The number of rotatable bonds is 4. The molecule has 0 radical (unpaired) electrons. The maximum Gasteiger partial charge on any atom is 0.239 e. The molecule has 3 N–H and O–H groups in total. The van der Waals surface area contributed by atoms with E-state index in [1.807, 2.05) is 0 Å². The molecule has 0 aromatic heterocycles. The van der Waals surface area contributed by atoms with Crippen molar-refractivity contribution in [3.8, 4) is 0 Å². The fourth-order valence-electron chi connectivity index (χ4n) is 1.69. The summed E-state index contributed by atoms with van der Waals surface area (Å²) in [6, 6.07) is 10.7. The van der Waals surface area contributed by atoms with E-state index in [0.29, 0.717) is 11.4 Å². The van der Waals surface area contributed by atoms with Crippen molar-refractivity contribution >= 4 is 27.1 Å². The van der Waals surface area contributed by atoms with E-state index in [0.717, 1.165) is 0 Å². The molecular weight excluding hydrogens is 295 g/mol. The third kappa shape index (κ3) is 4.03. The summed E-state index contributed by atoms with van der Waals surface area (Å²) < 4.78 is 36.9. The topological polar surface area (TPSA) is 89.3 Å². The molecule has 0 aliphatic rings. The van der Waals surface area contributed by atoms with E-state index in [9.17, 15) is 17.6 Å². The largest absolute Gasteiger partial charge is 0.399 e. The van der Waals surface area contributed by atoms with Crippen LogP contribution in [0.4, 0.5) is 15.8 Å². The number of nitrogen functional groups attached to an aromatic ring is 1. The number of hydrogen-bond acceptors (Lipinski definition) is 4. The van der Waals surface area contributed by atoms with Gasteiger partial charge in [-0.05, 0) is 42.5 Å². The van der Waals surface area contributed by atoms with Gasteiger partial charge in [0.25, 0.3) is 0 Å². The number of carbonyl (C=O) groups excluding carboxylic acids is 1. The van der Waals surface area contributed by atoms with Crippen molar-refractivity contribution in [2.24, 2.45) is 0 Å². The van der Waals surface area contributed by atoms with Gasteiger partial charge in [0.15, 0.2) is 9.84 Å². The van der Waals surface area contributed by atoms with Crippen molar-refractivity contribution in [3.05, 3.63) is 54.3 Å². The first-order valence-corrected chi connectivity index (χ1v) is 7.66. The highest BCUT2D eigenvalue weighted by Gasteiger charge is 2.19. The van der Waals surface area contributed by atoms with Crippen LogP contribution in [-0.2, 0) is 14.6 Å². The van der Waals surface area contributed by atoms with E-state index >= 15 is 0 Å². The molecule has 0 unspecified atom stereocenters. The minimum Gasteiger partial charge on any atom is -0.399 e. The molecule has 1 amide bonds. The van der Waals surface area contributed by atoms with Crippen LogP contribution in [0, 0.1) is 5.82 Å². The molecule has 21 heavy (non-hydrogen) atoms. The van der Waals surface area contributed by atoms with Crippen LogP contribution in [0.3, 0.4) is 0 Å². The van der Waals surface area contributed by atoms with Crippen LogP contribution in [-0.4, -0.2) is 20.1 Å². The monoisotopic (exact) mass is 308 g/mol. The molecule has 2 aromatic rings. The number of hydrogen-bond donors (Lipinski definition) is 2. The summed E-state index contributed by atoms with van der Waals surface area (Å²) in [5.74, 6) is -1.86. The molecule has 5 nitrogen and oxygen atoms in total. The molecule has 0 heterocycles. The molecule has 0 saturated heterocycles. The lowest BCUT2D eigenvalue weighted by atomic mass is 10.3. The number of sulfone groups is 1. The van der Waals surface area contributed by atoms with E-state index in [1.54, 1.807) is 6.07 Å². The van der Waals surface area contributed by atoms with E-state index in [-0.39, 0.29) is 4.90 Å². The zero-order valence-electron chi connectivity index (χ0n) is 10.9. The lowest BCUT2D eigenvalue weighted by Gasteiger charge is -2.07. The lowest BCUT2D eigenvalue weighted by Crippen LogP contribution is -2.23. The van der Waals surface area contributed by atoms with Gasteiger partial charge in [-0.3, -0.25) is 4.79 Å². The number of nitrogens with one attached hydrogen (secondary N) is 1. The highest BCUT2D eigenvalue weighted by atomic mass is 32.2. The van der Waals surface area contributed by atoms with Crippen molar-refractivity contribution in [1.29, 1.82) is 0 Å². The smallest absolute Gasteiger partial charge is 0.239 e. The Hall–Kier alpha value is -2.41. The van der Waals surface area contributed by atoms with Crippen LogP contribution in [0.1, 0.15) is 0 Å². The van der Waals surface area contributed by atoms with Crippen LogP contribution in [0.25, 0.3) is 0 Å². The number of amides is 1. The summed E-state index contributed by atoms with van der Waals surface area (Å²) in [5, 5.41) is 2.39. The Balaban J connectivity index is 2.09. The molecule has 0 spiro atoms. The molecule has 0 aliphatic heterocycles. The van der Waals surface area contributed by atoms with Gasteiger partial charge in [-0.25, -0.2) is 12.8 Å². The third-order valence-electron chi connectivity index (χ3n) is 2.67. The number of benzene rings is 2. The fraction of sp³-hybridized carbons (Fsp3) is 0.0714. The van der Waals surface area contributed by atoms with E-state index in [2.05, 4.69) is 5.32 Å². The summed E-state index contributed by atoms with van der Waals surface area (Å²) in [7, 11) is -3.78. The van der Waals surface area contributed by atoms with E-state index < -0.39 is 27.3 Å². The molecule has 7 heteroatoms. The SMILES string of the molecule is Nc1cccc(S(=O)(=O)CC(=O)Nc2ccc(F)cc2)c1. The molecule has 2 rings (SSSR count). The first kappa shape index (κ1) is 15.0. The predicted molar refractivity (Wildman–Crippen MR) is 77.9 cm³/mol. The van der Waals surface area contributed by atoms with Crippen molar-refractivity contribution in [2.45, 2.75) is 4.90 Å². The molecule has 0 fully saturated rings. The normalized spacial score (nSPS) is 11.1. The first-order valence-electron chi connectivity index (χ1n) is 6.00. The van der Waals surface area contributed by atoms with Gasteiger partial charge in [0.05, 0.1) is 4.90 Å². The van der Waals surface area contributed by atoms with Gasteiger partial charge in [-0.15, -0.1) is 0 Å². The van der Waals surface area contributed by atoms with Crippen LogP contribution in [0.15, 0.2) is 53.4 Å². The Morgan fingerprint density at radius 1 is 1.14 bits per heavy atom. The standard InChI is InChI=1S/C14H13FN2O3S/c15-10-4-6-12(7-5-10)17-14(18)9-21(19,20)13-3-1-2-11(16)8-13/h1-8H,9,16H2,(H,17,18). The molecule has 2 aromatic carbocycles. The van der Waals surface area contributed by atoms with Gasteiger partial charge >= 0.3 is 0 Å². The number of carbonyl (C=O) groups is 1. The fourth-order valence-corrected chi connectivity index (χ4v) is 2.88. The maximum absolute atomic E-state index is 12.7. The number of halogens is 1. The second kappa shape index (κ2) is 5.92. The number of nitrogens with two attached hydrogens (primary N) is 1. The quantitative estimate of drug-likeness (QED) is 0.843. The van der Waals surface area contributed by atoms with Crippen molar-refractivity contribution in [2.75, 3.05) is 16.8 Å². The van der Waals surface area contributed by atoms with Crippen LogP contribution < -0.4 is 11.1 Å². The maximum atomic E-state index is 12.7. The molecule has 0 saturated carbocycles. The van der Waals surface area contributed by atoms with Gasteiger partial charge in [0, 0.05) is 11.4 Å². The summed E-state index contributed by atoms with van der Waals surface area (Å²) in [6.45, 7) is 0. The summed E-state index contributed by atoms with van der Waals surface area (Å²) >= 11 is 0. The Kier molecular flexibility index (Phi) is 4.23. The van der Waals surface area contributed by atoms with Gasteiger partial charge in [-0.2, -0.15) is 0 Å². The van der Waals surface area contributed by atoms with E-state index in [4.69, 9.17) is 5.73 Å². The zero-order valence-corrected chi connectivity index (χ0v) is 11.7. The van der Waals surface area contributed by atoms with Crippen LogP contribution >= 0.6 is 0 Å². The molecule has 0 bridgehead atoms. The molecular formula is C14H13FN2O3S. The molecule has 0 atom stereocenters. The number of anilines is 2. The summed E-state index contributed by atoms with van der Waals surface area (Å²) in [4.78, 5) is 11.7. The Labute approximate surface area is 121 Å². The molecule has 110 valence electrons. The van der Waals surface area contributed by atoms with Gasteiger partial charge < -0.3 is 11.1 Å². The minimum atomic E-state index is -3.78. The highest BCUT2D eigenvalue weighted by molar-refractivity contribution is 7.92. The Morgan fingerprint density at radius 2 is 1.81 bits per heavy atom.